The molecule has 0 aromatic heterocycles. The second kappa shape index (κ2) is 8.90. The van der Waals surface area contributed by atoms with Crippen LogP contribution >= 0.6 is 0 Å². The standard InChI is InChI=1S/C26H21F2N3O3/c1-14-4-5-15(2)22(12-14)31-25(33)23(17-6-8-18(9-7-17)29-16(3)32)24(26(31)34)30-19-10-11-20(27)21(28)13-19/h4-13,30H,1-3H3,(H,29,32). The average Bonchev–Trinajstić information content (AvgIpc) is 3.02. The normalized spacial score (nSPS) is 13.5. The molecule has 1 aliphatic heterocycles. The molecular weight excluding hydrogens is 440 g/mol. The Morgan fingerprint density at radius 3 is 2.15 bits per heavy atom. The zero-order valence-electron chi connectivity index (χ0n) is 18.7. The molecule has 0 saturated carbocycles. The van der Waals surface area contributed by atoms with E-state index < -0.39 is 23.4 Å². The number of halogens is 2. The maximum Gasteiger partial charge on any atom is 0.282 e. The molecule has 0 unspecified atom stereocenters. The van der Waals surface area contributed by atoms with Crippen LogP contribution in [0.1, 0.15) is 23.6 Å². The van der Waals surface area contributed by atoms with Crippen LogP contribution in [0.15, 0.2) is 66.4 Å². The summed E-state index contributed by atoms with van der Waals surface area (Å²) in [6, 6.07) is 15.0. The van der Waals surface area contributed by atoms with Crippen LogP contribution in [-0.2, 0) is 14.4 Å². The first-order chi connectivity index (χ1) is 16.2. The number of benzene rings is 3. The molecule has 0 aliphatic carbocycles. The highest BCUT2D eigenvalue weighted by Crippen LogP contribution is 2.36. The Kier molecular flexibility index (Phi) is 5.98. The molecule has 0 atom stereocenters. The van der Waals surface area contributed by atoms with Crippen LogP contribution in [0.3, 0.4) is 0 Å². The number of amides is 3. The third-order valence-corrected chi connectivity index (χ3v) is 5.37. The minimum absolute atomic E-state index is 0.0656. The van der Waals surface area contributed by atoms with E-state index in [1.165, 1.54) is 13.0 Å². The summed E-state index contributed by atoms with van der Waals surface area (Å²) in [5.41, 5.74) is 3.09. The molecule has 0 spiro atoms. The molecule has 1 heterocycles. The number of hydrogen-bond acceptors (Lipinski definition) is 4. The average molecular weight is 461 g/mol. The van der Waals surface area contributed by atoms with Crippen molar-refractivity contribution in [3.63, 3.8) is 0 Å². The molecule has 3 aromatic carbocycles. The summed E-state index contributed by atoms with van der Waals surface area (Å²) in [6.45, 7) is 5.02. The molecule has 172 valence electrons. The monoisotopic (exact) mass is 461 g/mol. The van der Waals surface area contributed by atoms with Gasteiger partial charge in [0.1, 0.15) is 5.70 Å². The van der Waals surface area contributed by atoms with Crippen molar-refractivity contribution < 1.29 is 23.2 Å². The molecule has 4 rings (SSSR count). The fourth-order valence-electron chi connectivity index (χ4n) is 3.73. The van der Waals surface area contributed by atoms with E-state index in [0.717, 1.165) is 28.2 Å². The van der Waals surface area contributed by atoms with Gasteiger partial charge in [-0.15, -0.1) is 0 Å². The molecule has 0 bridgehead atoms. The van der Waals surface area contributed by atoms with Gasteiger partial charge >= 0.3 is 0 Å². The predicted molar refractivity (Wildman–Crippen MR) is 126 cm³/mol. The Hall–Kier alpha value is -4.33. The SMILES string of the molecule is CC(=O)Nc1ccc(C2=C(Nc3ccc(F)c(F)c3)C(=O)N(c3cc(C)ccc3C)C2=O)cc1. The van der Waals surface area contributed by atoms with Crippen molar-refractivity contribution in [1.29, 1.82) is 0 Å². The number of anilines is 3. The molecule has 0 fully saturated rings. The van der Waals surface area contributed by atoms with Crippen LogP contribution < -0.4 is 15.5 Å². The summed E-state index contributed by atoms with van der Waals surface area (Å²) < 4.78 is 27.2. The van der Waals surface area contributed by atoms with Gasteiger partial charge in [0.05, 0.1) is 11.3 Å². The van der Waals surface area contributed by atoms with E-state index in [1.807, 2.05) is 19.1 Å². The third-order valence-electron chi connectivity index (χ3n) is 5.37. The van der Waals surface area contributed by atoms with Gasteiger partial charge in [-0.05, 0) is 60.9 Å². The number of carbonyl (C=O) groups excluding carboxylic acids is 3. The molecule has 6 nitrogen and oxygen atoms in total. The number of nitrogens with one attached hydrogen (secondary N) is 2. The van der Waals surface area contributed by atoms with Gasteiger partial charge in [-0.25, -0.2) is 13.7 Å². The lowest BCUT2D eigenvalue weighted by molar-refractivity contribution is -0.120. The Morgan fingerprint density at radius 1 is 0.824 bits per heavy atom. The molecule has 34 heavy (non-hydrogen) atoms. The van der Waals surface area contributed by atoms with Crippen LogP contribution in [0.4, 0.5) is 25.8 Å². The zero-order valence-corrected chi connectivity index (χ0v) is 18.7. The molecule has 2 N–H and O–H groups in total. The molecule has 0 saturated heterocycles. The van der Waals surface area contributed by atoms with Crippen LogP contribution in [0, 0.1) is 25.5 Å². The predicted octanol–water partition coefficient (Wildman–Crippen LogP) is 4.94. The number of nitrogens with zero attached hydrogens (tertiary/aromatic N) is 1. The van der Waals surface area contributed by atoms with Crippen LogP contribution in [0.2, 0.25) is 0 Å². The van der Waals surface area contributed by atoms with Crippen LogP contribution in [0.25, 0.3) is 5.57 Å². The van der Waals surface area contributed by atoms with Gasteiger partial charge in [0.15, 0.2) is 11.6 Å². The second-order valence-electron chi connectivity index (χ2n) is 8.00. The highest BCUT2D eigenvalue weighted by Gasteiger charge is 2.41. The number of rotatable bonds is 5. The smallest absolute Gasteiger partial charge is 0.282 e. The fraction of sp³-hybridized carbons (Fsp3) is 0.115. The van der Waals surface area contributed by atoms with E-state index in [-0.39, 0.29) is 22.9 Å². The summed E-state index contributed by atoms with van der Waals surface area (Å²) in [4.78, 5) is 39.5. The lowest BCUT2D eigenvalue weighted by Crippen LogP contribution is -2.33. The Bertz CT molecular complexity index is 1360. The molecule has 0 radical (unpaired) electrons. The van der Waals surface area contributed by atoms with Gasteiger partial charge in [-0.3, -0.25) is 14.4 Å². The largest absolute Gasteiger partial charge is 0.350 e. The molecule has 1 aliphatic rings. The first-order valence-electron chi connectivity index (χ1n) is 10.5. The second-order valence-corrected chi connectivity index (χ2v) is 8.00. The summed E-state index contributed by atoms with van der Waals surface area (Å²) in [5.74, 6) is -3.55. The van der Waals surface area contributed by atoms with Crippen molar-refractivity contribution in [2.75, 3.05) is 15.5 Å². The number of hydrogen-bond donors (Lipinski definition) is 2. The summed E-state index contributed by atoms with van der Waals surface area (Å²) in [7, 11) is 0. The summed E-state index contributed by atoms with van der Waals surface area (Å²) in [6.07, 6.45) is 0. The highest BCUT2D eigenvalue weighted by atomic mass is 19.2. The Morgan fingerprint density at radius 2 is 1.50 bits per heavy atom. The van der Waals surface area contributed by atoms with E-state index in [1.54, 1.807) is 37.3 Å². The minimum Gasteiger partial charge on any atom is -0.350 e. The fourth-order valence-corrected chi connectivity index (χ4v) is 3.73. The van der Waals surface area contributed by atoms with Crippen molar-refractivity contribution in [1.82, 2.24) is 0 Å². The zero-order chi connectivity index (χ0) is 24.6. The van der Waals surface area contributed by atoms with Gasteiger partial charge in [0.2, 0.25) is 5.91 Å². The maximum absolute atomic E-state index is 13.8. The summed E-state index contributed by atoms with van der Waals surface area (Å²) >= 11 is 0. The number of aryl methyl sites for hydroxylation is 2. The Labute approximate surface area is 194 Å². The lowest BCUT2D eigenvalue weighted by Gasteiger charge is -2.18. The van der Waals surface area contributed by atoms with E-state index in [9.17, 15) is 23.2 Å². The van der Waals surface area contributed by atoms with Crippen LogP contribution in [-0.4, -0.2) is 17.7 Å². The van der Waals surface area contributed by atoms with Crippen molar-refractivity contribution in [2.45, 2.75) is 20.8 Å². The highest BCUT2D eigenvalue weighted by molar-refractivity contribution is 6.46. The molecular formula is C26H21F2N3O3. The minimum atomic E-state index is -1.09. The van der Waals surface area contributed by atoms with Crippen molar-refractivity contribution in [3.05, 3.63) is 94.7 Å². The van der Waals surface area contributed by atoms with E-state index >= 15 is 0 Å². The first-order valence-corrected chi connectivity index (χ1v) is 10.5. The van der Waals surface area contributed by atoms with Gasteiger partial charge in [0.25, 0.3) is 11.8 Å². The topological polar surface area (TPSA) is 78.5 Å². The van der Waals surface area contributed by atoms with E-state index in [0.29, 0.717) is 16.9 Å². The van der Waals surface area contributed by atoms with Gasteiger partial charge < -0.3 is 10.6 Å². The maximum atomic E-state index is 13.8. The van der Waals surface area contributed by atoms with Gasteiger partial charge in [-0.2, -0.15) is 0 Å². The van der Waals surface area contributed by atoms with E-state index in [2.05, 4.69) is 10.6 Å². The molecule has 8 heteroatoms. The first kappa shape index (κ1) is 22.8. The molecule has 3 amide bonds. The Balaban J connectivity index is 1.82. The van der Waals surface area contributed by atoms with Crippen molar-refractivity contribution >= 4 is 40.4 Å². The van der Waals surface area contributed by atoms with Crippen LogP contribution in [0.5, 0.6) is 0 Å². The molecule has 3 aromatic rings. The van der Waals surface area contributed by atoms with Crippen molar-refractivity contribution in [3.8, 4) is 0 Å². The number of carbonyl (C=O) groups is 3. The third kappa shape index (κ3) is 4.30. The van der Waals surface area contributed by atoms with Gasteiger partial charge in [0, 0.05) is 24.4 Å². The quantitative estimate of drug-likeness (QED) is 0.528. The van der Waals surface area contributed by atoms with Crippen molar-refractivity contribution in [2.24, 2.45) is 0 Å². The number of imide groups is 1. The summed E-state index contributed by atoms with van der Waals surface area (Å²) in [5, 5.41) is 5.45. The van der Waals surface area contributed by atoms with E-state index in [4.69, 9.17) is 0 Å². The van der Waals surface area contributed by atoms with Gasteiger partial charge in [-0.1, -0.05) is 24.3 Å². The lowest BCUT2D eigenvalue weighted by atomic mass is 10.0.